The van der Waals surface area contributed by atoms with Crippen molar-refractivity contribution in [2.24, 2.45) is 0 Å². The molecule has 0 radical (unpaired) electrons. The van der Waals surface area contributed by atoms with E-state index in [9.17, 15) is 14.4 Å². The number of carbonyl (C=O) groups is 3. The second-order valence-corrected chi connectivity index (χ2v) is 7.48. The van der Waals surface area contributed by atoms with E-state index in [-0.39, 0.29) is 13.0 Å². The maximum Gasteiger partial charge on any atom is 0.359 e. The minimum absolute atomic E-state index is 0.0152. The average Bonchev–Trinajstić information content (AvgIpc) is 2.48. The Hall–Kier alpha value is -1.95. The normalized spacial score (nSPS) is 15.2. The van der Waals surface area contributed by atoms with Gasteiger partial charge in [-0.2, -0.15) is 0 Å². The van der Waals surface area contributed by atoms with E-state index in [0.29, 0.717) is 6.42 Å². The summed E-state index contributed by atoms with van der Waals surface area (Å²) in [5.41, 5.74) is -0.974. The molecule has 6 nitrogen and oxygen atoms in total. The van der Waals surface area contributed by atoms with Crippen LogP contribution in [0.5, 0.6) is 0 Å². The van der Waals surface area contributed by atoms with Crippen molar-refractivity contribution in [3.63, 3.8) is 0 Å². The van der Waals surface area contributed by atoms with Crippen LogP contribution >= 0.6 is 0 Å². The van der Waals surface area contributed by atoms with Gasteiger partial charge in [0, 0.05) is 13.3 Å². The Kier molecular flexibility index (Phi) is 9.49. The van der Waals surface area contributed by atoms with Crippen molar-refractivity contribution < 1.29 is 29.0 Å². The molecule has 0 amide bonds. The summed E-state index contributed by atoms with van der Waals surface area (Å²) in [5.74, 6) is -2.17. The highest BCUT2D eigenvalue weighted by molar-refractivity contribution is 6.07. The maximum atomic E-state index is 12.6. The average molecular weight is 368 g/mol. The van der Waals surface area contributed by atoms with E-state index in [2.05, 4.69) is 0 Å². The molecule has 0 aliphatic rings. The smallest absolute Gasteiger partial charge is 0.359 e. The van der Waals surface area contributed by atoms with Gasteiger partial charge >= 0.3 is 11.9 Å². The van der Waals surface area contributed by atoms with Crippen LogP contribution in [-0.4, -0.2) is 40.6 Å². The lowest BCUT2D eigenvalue weighted by Crippen LogP contribution is -2.51. The number of Topliss-reactive ketones (excluding diaryl/α,β-unsaturated/α-hetero) is 1. The summed E-state index contributed by atoms with van der Waals surface area (Å²) in [7, 11) is 0. The largest absolute Gasteiger partial charge is 0.457 e. The molecule has 0 rings (SSSR count). The molecular weight excluding hydrogens is 336 g/mol. The quantitative estimate of drug-likeness (QED) is 0.382. The molecule has 0 fully saturated rings. The maximum absolute atomic E-state index is 12.6. The van der Waals surface area contributed by atoms with Gasteiger partial charge in [-0.1, -0.05) is 23.3 Å². The van der Waals surface area contributed by atoms with Crippen molar-refractivity contribution in [1.29, 1.82) is 0 Å². The van der Waals surface area contributed by atoms with Gasteiger partial charge in [-0.15, -0.1) is 0 Å². The lowest BCUT2D eigenvalue weighted by molar-refractivity contribution is -0.191. The van der Waals surface area contributed by atoms with Crippen LogP contribution in [0, 0.1) is 0 Å². The topological polar surface area (TPSA) is 89.9 Å². The number of ketones is 1. The van der Waals surface area contributed by atoms with Gasteiger partial charge in [0.15, 0.2) is 5.78 Å². The first kappa shape index (κ1) is 24.1. The van der Waals surface area contributed by atoms with Crippen molar-refractivity contribution in [3.8, 4) is 0 Å². The number of carbonyl (C=O) groups excluding carboxylic acids is 3. The van der Waals surface area contributed by atoms with Crippen LogP contribution in [0.1, 0.15) is 67.7 Å². The molecule has 0 saturated carbocycles. The zero-order chi connectivity index (χ0) is 20.5. The second kappa shape index (κ2) is 10.3. The van der Waals surface area contributed by atoms with E-state index in [0.717, 1.165) is 24.5 Å². The Morgan fingerprint density at radius 2 is 1.50 bits per heavy atom. The third kappa shape index (κ3) is 8.43. The number of ether oxygens (including phenoxy) is 2. The van der Waals surface area contributed by atoms with Crippen LogP contribution in [0.2, 0.25) is 0 Å². The molecule has 0 aromatic rings. The van der Waals surface area contributed by atoms with Gasteiger partial charge in [0.2, 0.25) is 0 Å². The van der Waals surface area contributed by atoms with Crippen molar-refractivity contribution in [1.82, 2.24) is 0 Å². The predicted octanol–water partition coefficient (Wildman–Crippen LogP) is 3.27. The minimum Gasteiger partial charge on any atom is -0.457 e. The highest BCUT2D eigenvalue weighted by Crippen LogP contribution is 2.25. The van der Waals surface area contributed by atoms with Crippen molar-refractivity contribution >= 4 is 17.7 Å². The molecule has 26 heavy (non-hydrogen) atoms. The van der Waals surface area contributed by atoms with Crippen LogP contribution in [0.3, 0.4) is 0 Å². The standard InChI is InChI=1S/C20H32O6/c1-14(9-8-10-15(2)13-21)11-12-20(16(3)22,25-17(4)23)18(24)26-19(5,6)7/h10-11,21H,8-9,12-13H2,1-7H3/b14-11-,15-10+. The molecule has 6 heteroatoms. The number of hydrogen-bond acceptors (Lipinski definition) is 6. The van der Waals surface area contributed by atoms with Crippen molar-refractivity contribution in [2.45, 2.75) is 78.9 Å². The molecular formula is C20H32O6. The molecule has 0 heterocycles. The number of rotatable bonds is 9. The van der Waals surface area contributed by atoms with Crippen LogP contribution in [0.15, 0.2) is 23.3 Å². The molecule has 1 unspecified atom stereocenters. The molecule has 0 aliphatic carbocycles. The lowest BCUT2D eigenvalue weighted by atomic mass is 9.92. The van der Waals surface area contributed by atoms with E-state index in [1.807, 2.05) is 19.9 Å². The molecule has 148 valence electrons. The molecule has 0 aromatic carbocycles. The monoisotopic (exact) mass is 368 g/mol. The fraction of sp³-hybridized carbons (Fsp3) is 0.650. The van der Waals surface area contributed by atoms with Crippen LogP contribution in [-0.2, 0) is 23.9 Å². The molecule has 1 atom stereocenters. The third-order valence-electron chi connectivity index (χ3n) is 3.63. The van der Waals surface area contributed by atoms with Crippen molar-refractivity contribution in [3.05, 3.63) is 23.3 Å². The first-order valence-corrected chi connectivity index (χ1v) is 8.70. The molecule has 1 N–H and O–H groups in total. The Labute approximate surface area is 156 Å². The first-order valence-electron chi connectivity index (χ1n) is 8.70. The molecule has 0 saturated heterocycles. The fourth-order valence-electron chi connectivity index (χ4n) is 2.16. The molecule has 0 aliphatic heterocycles. The Bertz CT molecular complexity index is 580. The number of esters is 2. The SMILES string of the molecule is CC(=O)OC(C/C=C(/C)CC/C=C(\C)CO)(C(C)=O)C(=O)OC(C)(C)C. The van der Waals surface area contributed by atoms with Gasteiger partial charge in [0.25, 0.3) is 5.60 Å². The molecule has 0 spiro atoms. The minimum atomic E-state index is -1.97. The van der Waals surface area contributed by atoms with Gasteiger partial charge in [-0.25, -0.2) is 4.79 Å². The van der Waals surface area contributed by atoms with E-state index in [1.165, 1.54) is 6.92 Å². The summed E-state index contributed by atoms with van der Waals surface area (Å²) in [4.78, 5) is 36.4. The summed E-state index contributed by atoms with van der Waals surface area (Å²) >= 11 is 0. The zero-order valence-electron chi connectivity index (χ0n) is 17.0. The predicted molar refractivity (Wildman–Crippen MR) is 99.5 cm³/mol. The number of hydrogen-bond donors (Lipinski definition) is 1. The first-order chi connectivity index (χ1) is 11.8. The van der Waals surface area contributed by atoms with E-state index in [1.54, 1.807) is 26.8 Å². The highest BCUT2D eigenvalue weighted by Gasteiger charge is 2.49. The number of aliphatic hydroxyl groups excluding tert-OH is 1. The Morgan fingerprint density at radius 1 is 0.923 bits per heavy atom. The van der Waals surface area contributed by atoms with Gasteiger partial charge in [0.05, 0.1) is 6.61 Å². The molecule has 0 bridgehead atoms. The summed E-state index contributed by atoms with van der Waals surface area (Å²) < 4.78 is 10.5. The summed E-state index contributed by atoms with van der Waals surface area (Å²) in [6.45, 7) is 11.1. The second-order valence-electron chi connectivity index (χ2n) is 7.48. The lowest BCUT2D eigenvalue weighted by Gasteiger charge is -2.31. The Balaban J connectivity index is 5.46. The highest BCUT2D eigenvalue weighted by atomic mass is 16.6. The van der Waals surface area contributed by atoms with Crippen molar-refractivity contribution in [2.75, 3.05) is 6.61 Å². The van der Waals surface area contributed by atoms with Crippen LogP contribution < -0.4 is 0 Å². The van der Waals surface area contributed by atoms with E-state index >= 15 is 0 Å². The van der Waals surface area contributed by atoms with Gasteiger partial charge in [0.1, 0.15) is 5.60 Å². The Morgan fingerprint density at radius 3 is 1.92 bits per heavy atom. The van der Waals surface area contributed by atoms with Crippen LogP contribution in [0.4, 0.5) is 0 Å². The van der Waals surface area contributed by atoms with Gasteiger partial charge in [-0.3, -0.25) is 9.59 Å². The van der Waals surface area contributed by atoms with Crippen LogP contribution in [0.25, 0.3) is 0 Å². The number of allylic oxidation sites excluding steroid dienone is 2. The fourth-order valence-corrected chi connectivity index (χ4v) is 2.16. The summed E-state index contributed by atoms with van der Waals surface area (Å²) in [5, 5.41) is 8.99. The molecule has 0 aromatic heterocycles. The van der Waals surface area contributed by atoms with E-state index in [4.69, 9.17) is 14.6 Å². The number of aliphatic hydroxyl groups is 1. The van der Waals surface area contributed by atoms with E-state index < -0.39 is 28.9 Å². The zero-order valence-corrected chi connectivity index (χ0v) is 17.0. The summed E-state index contributed by atoms with van der Waals surface area (Å²) in [6, 6.07) is 0. The summed E-state index contributed by atoms with van der Waals surface area (Å²) in [6.07, 6.45) is 4.98. The third-order valence-corrected chi connectivity index (χ3v) is 3.63. The van der Waals surface area contributed by atoms with Gasteiger partial charge in [-0.05, 0) is 54.4 Å². The van der Waals surface area contributed by atoms with Gasteiger partial charge < -0.3 is 14.6 Å².